The van der Waals surface area contributed by atoms with E-state index in [0.717, 1.165) is 11.4 Å². The molecule has 0 aliphatic rings. The van der Waals surface area contributed by atoms with E-state index in [2.05, 4.69) is 30.5 Å². The van der Waals surface area contributed by atoms with E-state index >= 15 is 0 Å². The maximum atomic E-state index is 4.27. The van der Waals surface area contributed by atoms with Gasteiger partial charge in [-0.15, -0.1) is 10.2 Å². The van der Waals surface area contributed by atoms with Crippen LogP contribution in [0, 0.1) is 6.92 Å². The summed E-state index contributed by atoms with van der Waals surface area (Å²) in [4.78, 5) is 12.7. The normalized spacial score (nSPS) is 10.7. The summed E-state index contributed by atoms with van der Waals surface area (Å²) in [6.45, 7) is 2.45. The maximum Gasteiger partial charge on any atom is 0.203 e. The Kier molecular flexibility index (Phi) is 2.56. The number of rotatable bonds is 3. The standard InChI is InChI=1S/C11H11N7/c1-8-4-14-9(5-13-8)6-15-10-11-17-16-7-18(11)3-2-12-10/h2-5,7H,6H2,1H3,(H,12,15). The lowest BCUT2D eigenvalue weighted by molar-refractivity contribution is 0.972. The topological polar surface area (TPSA) is 80.9 Å². The molecule has 3 aromatic rings. The van der Waals surface area contributed by atoms with E-state index in [9.17, 15) is 0 Å². The Balaban J connectivity index is 1.80. The van der Waals surface area contributed by atoms with Crippen LogP contribution in [0.15, 0.2) is 31.1 Å². The molecule has 90 valence electrons. The summed E-state index contributed by atoms with van der Waals surface area (Å²) in [6.07, 6.45) is 8.61. The third-order valence-electron chi connectivity index (χ3n) is 2.49. The van der Waals surface area contributed by atoms with E-state index in [1.165, 1.54) is 0 Å². The molecule has 0 aromatic carbocycles. The van der Waals surface area contributed by atoms with Crippen molar-refractivity contribution in [2.75, 3.05) is 5.32 Å². The molecule has 0 amide bonds. The first kappa shape index (κ1) is 10.6. The van der Waals surface area contributed by atoms with Gasteiger partial charge in [-0.1, -0.05) is 0 Å². The van der Waals surface area contributed by atoms with Gasteiger partial charge in [-0.3, -0.25) is 14.4 Å². The van der Waals surface area contributed by atoms with Crippen LogP contribution in [-0.4, -0.2) is 29.5 Å². The van der Waals surface area contributed by atoms with Crippen LogP contribution in [0.2, 0.25) is 0 Å². The summed E-state index contributed by atoms with van der Waals surface area (Å²) >= 11 is 0. The molecule has 0 unspecified atom stereocenters. The van der Waals surface area contributed by atoms with Crippen molar-refractivity contribution < 1.29 is 0 Å². The first-order valence-corrected chi connectivity index (χ1v) is 5.49. The van der Waals surface area contributed by atoms with Gasteiger partial charge in [0.2, 0.25) is 5.65 Å². The Bertz CT molecular complexity index is 658. The van der Waals surface area contributed by atoms with Crippen LogP contribution in [0.3, 0.4) is 0 Å². The van der Waals surface area contributed by atoms with Crippen molar-refractivity contribution in [2.45, 2.75) is 13.5 Å². The molecular weight excluding hydrogens is 230 g/mol. The number of nitrogens with zero attached hydrogens (tertiary/aromatic N) is 6. The fourth-order valence-corrected chi connectivity index (χ4v) is 1.57. The van der Waals surface area contributed by atoms with Crippen molar-refractivity contribution >= 4 is 11.5 Å². The average Bonchev–Trinajstić information content (AvgIpc) is 2.87. The summed E-state index contributed by atoms with van der Waals surface area (Å²) in [5.41, 5.74) is 2.44. The molecule has 0 fully saturated rings. The predicted octanol–water partition coefficient (Wildman–Crippen LogP) is 0.835. The van der Waals surface area contributed by atoms with Crippen molar-refractivity contribution in [1.82, 2.24) is 29.5 Å². The second kappa shape index (κ2) is 4.36. The smallest absolute Gasteiger partial charge is 0.203 e. The van der Waals surface area contributed by atoms with Crippen LogP contribution in [0.4, 0.5) is 5.82 Å². The molecule has 0 aliphatic heterocycles. The van der Waals surface area contributed by atoms with Gasteiger partial charge < -0.3 is 5.32 Å². The van der Waals surface area contributed by atoms with Crippen molar-refractivity contribution in [3.05, 3.63) is 42.5 Å². The van der Waals surface area contributed by atoms with Gasteiger partial charge in [0.05, 0.1) is 24.1 Å². The van der Waals surface area contributed by atoms with E-state index in [1.54, 1.807) is 35.5 Å². The number of fused-ring (bicyclic) bond motifs is 1. The molecule has 0 aliphatic carbocycles. The molecule has 3 heterocycles. The molecule has 0 saturated carbocycles. The lowest BCUT2D eigenvalue weighted by atomic mass is 10.4. The third-order valence-corrected chi connectivity index (χ3v) is 2.49. The van der Waals surface area contributed by atoms with E-state index < -0.39 is 0 Å². The molecule has 0 saturated heterocycles. The van der Waals surface area contributed by atoms with Gasteiger partial charge >= 0.3 is 0 Å². The van der Waals surface area contributed by atoms with Crippen molar-refractivity contribution in [2.24, 2.45) is 0 Å². The number of nitrogens with one attached hydrogen (secondary N) is 1. The highest BCUT2D eigenvalue weighted by atomic mass is 15.2. The van der Waals surface area contributed by atoms with Crippen molar-refractivity contribution in [3.63, 3.8) is 0 Å². The zero-order chi connectivity index (χ0) is 12.4. The highest BCUT2D eigenvalue weighted by Gasteiger charge is 2.04. The zero-order valence-corrected chi connectivity index (χ0v) is 9.78. The quantitative estimate of drug-likeness (QED) is 0.731. The van der Waals surface area contributed by atoms with E-state index in [-0.39, 0.29) is 0 Å². The largest absolute Gasteiger partial charge is 0.361 e. The Morgan fingerprint density at radius 1 is 1.22 bits per heavy atom. The van der Waals surface area contributed by atoms with Crippen LogP contribution in [0.5, 0.6) is 0 Å². The Morgan fingerprint density at radius 3 is 3.00 bits per heavy atom. The highest BCUT2D eigenvalue weighted by molar-refractivity contribution is 5.61. The number of anilines is 1. The first-order chi connectivity index (χ1) is 8.83. The van der Waals surface area contributed by atoms with E-state index in [0.29, 0.717) is 18.0 Å². The van der Waals surface area contributed by atoms with Crippen LogP contribution < -0.4 is 5.32 Å². The molecule has 3 rings (SSSR count). The summed E-state index contributed by atoms with van der Waals surface area (Å²) in [7, 11) is 0. The van der Waals surface area contributed by atoms with Gasteiger partial charge in [-0.05, 0) is 6.92 Å². The third kappa shape index (κ3) is 1.97. The number of hydrogen-bond donors (Lipinski definition) is 1. The van der Waals surface area contributed by atoms with Crippen molar-refractivity contribution in [3.8, 4) is 0 Å². The van der Waals surface area contributed by atoms with Crippen LogP contribution in [-0.2, 0) is 6.54 Å². The molecule has 7 heteroatoms. The average molecular weight is 241 g/mol. The fourth-order valence-electron chi connectivity index (χ4n) is 1.57. The number of hydrogen-bond acceptors (Lipinski definition) is 6. The Hall–Kier alpha value is -2.57. The number of aromatic nitrogens is 6. The van der Waals surface area contributed by atoms with E-state index in [4.69, 9.17) is 0 Å². The summed E-state index contributed by atoms with van der Waals surface area (Å²) in [5, 5.41) is 11.0. The van der Waals surface area contributed by atoms with Gasteiger partial charge in [-0.25, -0.2) is 4.98 Å². The molecule has 1 N–H and O–H groups in total. The second-order valence-corrected chi connectivity index (χ2v) is 3.84. The molecular formula is C11H11N7. The lowest BCUT2D eigenvalue weighted by Crippen LogP contribution is -2.05. The minimum Gasteiger partial charge on any atom is -0.361 e. The van der Waals surface area contributed by atoms with Gasteiger partial charge in [0.1, 0.15) is 6.33 Å². The monoisotopic (exact) mass is 241 g/mol. The Labute approximate surface area is 103 Å². The minimum absolute atomic E-state index is 0.548. The summed E-state index contributed by atoms with van der Waals surface area (Å²) < 4.78 is 1.80. The van der Waals surface area contributed by atoms with Crippen LogP contribution in [0.25, 0.3) is 5.65 Å². The molecule has 0 atom stereocenters. The fraction of sp³-hybridized carbons (Fsp3) is 0.182. The van der Waals surface area contributed by atoms with E-state index in [1.807, 2.05) is 6.92 Å². The van der Waals surface area contributed by atoms with Gasteiger partial charge in [-0.2, -0.15) is 0 Å². The summed E-state index contributed by atoms with van der Waals surface area (Å²) in [6, 6.07) is 0. The molecule has 0 bridgehead atoms. The Morgan fingerprint density at radius 2 is 2.17 bits per heavy atom. The first-order valence-electron chi connectivity index (χ1n) is 5.49. The SMILES string of the molecule is Cc1cnc(CNc2nccn3cnnc23)cn1. The molecule has 0 radical (unpaired) electrons. The zero-order valence-electron chi connectivity index (χ0n) is 9.78. The predicted molar refractivity (Wildman–Crippen MR) is 64.9 cm³/mol. The van der Waals surface area contributed by atoms with Gasteiger partial charge in [0, 0.05) is 18.6 Å². The lowest BCUT2D eigenvalue weighted by Gasteiger charge is -2.05. The second-order valence-electron chi connectivity index (χ2n) is 3.84. The van der Waals surface area contributed by atoms with Gasteiger partial charge in [0.15, 0.2) is 5.82 Å². The molecule has 0 spiro atoms. The molecule has 7 nitrogen and oxygen atoms in total. The molecule has 3 aromatic heterocycles. The maximum absolute atomic E-state index is 4.27. The minimum atomic E-state index is 0.548. The summed E-state index contributed by atoms with van der Waals surface area (Å²) in [5.74, 6) is 0.678. The highest BCUT2D eigenvalue weighted by Crippen LogP contribution is 2.10. The van der Waals surface area contributed by atoms with Crippen LogP contribution in [0.1, 0.15) is 11.4 Å². The van der Waals surface area contributed by atoms with Gasteiger partial charge in [0.25, 0.3) is 0 Å². The molecule has 18 heavy (non-hydrogen) atoms. The number of aryl methyl sites for hydroxylation is 1. The van der Waals surface area contributed by atoms with Crippen molar-refractivity contribution in [1.29, 1.82) is 0 Å². The van der Waals surface area contributed by atoms with Crippen LogP contribution >= 0.6 is 0 Å².